The van der Waals surface area contributed by atoms with Gasteiger partial charge in [0.2, 0.25) is 0 Å². The average Bonchev–Trinajstić information content (AvgIpc) is 3.18. The number of pyridine rings is 2. The second kappa shape index (κ2) is 7.61. The standard InChI is InChI=1S/C23H20N6.H3N/c1-14-9-19(11-25-15(14)2)21-12-26-22-23(28-21)29(13-27-22)16(3)17-6-7-20-18(10-17)5-4-8-24-20;/h4-13,16H,1-3H3;1H3. The number of rotatable bonds is 3. The summed E-state index contributed by atoms with van der Waals surface area (Å²) in [7, 11) is 0. The Kier molecular flexibility index (Phi) is 4.97. The van der Waals surface area contributed by atoms with Gasteiger partial charge in [0.05, 0.1) is 29.8 Å². The molecular weight excluding hydrogens is 374 g/mol. The lowest BCUT2D eigenvalue weighted by atomic mass is 10.1. The predicted molar refractivity (Wildman–Crippen MR) is 119 cm³/mol. The summed E-state index contributed by atoms with van der Waals surface area (Å²) < 4.78 is 2.07. The minimum Gasteiger partial charge on any atom is -0.344 e. The number of aryl methyl sites for hydroxylation is 2. The lowest BCUT2D eigenvalue weighted by Crippen LogP contribution is -2.07. The molecule has 0 aliphatic rings. The van der Waals surface area contributed by atoms with Crippen molar-refractivity contribution in [3.63, 3.8) is 0 Å². The van der Waals surface area contributed by atoms with Gasteiger partial charge in [0, 0.05) is 29.0 Å². The van der Waals surface area contributed by atoms with Crippen molar-refractivity contribution in [1.29, 1.82) is 0 Å². The third-order valence-electron chi connectivity index (χ3n) is 5.45. The topological polar surface area (TPSA) is 104 Å². The summed E-state index contributed by atoms with van der Waals surface area (Å²) in [6.07, 6.45) is 7.23. The van der Waals surface area contributed by atoms with Crippen LogP contribution >= 0.6 is 0 Å². The second-order valence-electron chi connectivity index (χ2n) is 7.31. The monoisotopic (exact) mass is 397 g/mol. The van der Waals surface area contributed by atoms with Gasteiger partial charge >= 0.3 is 0 Å². The van der Waals surface area contributed by atoms with Crippen LogP contribution in [-0.2, 0) is 0 Å². The van der Waals surface area contributed by atoms with Crippen molar-refractivity contribution in [3.05, 3.63) is 78.1 Å². The maximum absolute atomic E-state index is 4.87. The first kappa shape index (κ1) is 19.6. The van der Waals surface area contributed by atoms with E-state index >= 15 is 0 Å². The molecule has 150 valence electrons. The predicted octanol–water partition coefficient (Wildman–Crippen LogP) is 4.82. The van der Waals surface area contributed by atoms with Crippen LogP contribution in [0.15, 0.2) is 61.3 Å². The Labute approximate surface area is 174 Å². The van der Waals surface area contributed by atoms with Crippen LogP contribution in [0.4, 0.5) is 0 Å². The molecule has 0 saturated heterocycles. The van der Waals surface area contributed by atoms with Gasteiger partial charge in [-0.3, -0.25) is 9.97 Å². The number of nitrogens with zero attached hydrogens (tertiary/aromatic N) is 6. The molecule has 0 amide bonds. The molecule has 0 fully saturated rings. The Bertz CT molecular complexity index is 1360. The Morgan fingerprint density at radius 2 is 1.80 bits per heavy atom. The molecule has 4 aromatic heterocycles. The summed E-state index contributed by atoms with van der Waals surface area (Å²) in [5.74, 6) is 0. The van der Waals surface area contributed by atoms with E-state index in [0.29, 0.717) is 5.65 Å². The van der Waals surface area contributed by atoms with Crippen LogP contribution in [0.5, 0.6) is 0 Å². The fraction of sp³-hybridized carbons (Fsp3) is 0.174. The van der Waals surface area contributed by atoms with E-state index in [1.807, 2.05) is 31.7 Å². The Morgan fingerprint density at radius 3 is 2.63 bits per heavy atom. The van der Waals surface area contributed by atoms with Crippen LogP contribution < -0.4 is 6.15 Å². The van der Waals surface area contributed by atoms with Crippen LogP contribution in [0.1, 0.15) is 29.8 Å². The van der Waals surface area contributed by atoms with Gasteiger partial charge in [0.1, 0.15) is 0 Å². The lowest BCUT2D eigenvalue weighted by Gasteiger charge is -2.15. The molecule has 0 radical (unpaired) electrons. The number of benzene rings is 1. The lowest BCUT2D eigenvalue weighted by molar-refractivity contribution is 0.653. The molecule has 5 rings (SSSR count). The molecule has 1 atom stereocenters. The van der Waals surface area contributed by atoms with E-state index in [-0.39, 0.29) is 12.2 Å². The zero-order valence-corrected chi connectivity index (χ0v) is 17.2. The van der Waals surface area contributed by atoms with Crippen molar-refractivity contribution in [1.82, 2.24) is 35.6 Å². The fourth-order valence-electron chi connectivity index (χ4n) is 3.53. The Morgan fingerprint density at radius 1 is 0.933 bits per heavy atom. The van der Waals surface area contributed by atoms with Gasteiger partial charge in [0.15, 0.2) is 11.3 Å². The minimum atomic E-state index is 0. The van der Waals surface area contributed by atoms with E-state index < -0.39 is 0 Å². The zero-order valence-electron chi connectivity index (χ0n) is 17.2. The quantitative estimate of drug-likeness (QED) is 0.468. The molecule has 3 N–H and O–H groups in total. The summed E-state index contributed by atoms with van der Waals surface area (Å²) in [6.45, 7) is 6.20. The summed E-state index contributed by atoms with van der Waals surface area (Å²) in [5, 5.41) is 1.12. The third kappa shape index (κ3) is 3.29. The maximum Gasteiger partial charge on any atom is 0.197 e. The van der Waals surface area contributed by atoms with Crippen LogP contribution in [0.2, 0.25) is 0 Å². The molecule has 0 bridgehead atoms. The average molecular weight is 397 g/mol. The van der Waals surface area contributed by atoms with Gasteiger partial charge in [-0.1, -0.05) is 12.1 Å². The molecule has 1 aromatic carbocycles. The molecule has 7 nitrogen and oxygen atoms in total. The summed E-state index contributed by atoms with van der Waals surface area (Å²) in [5.41, 5.74) is 7.47. The first-order valence-electron chi connectivity index (χ1n) is 9.58. The van der Waals surface area contributed by atoms with Gasteiger partial charge in [-0.25, -0.2) is 15.0 Å². The highest BCUT2D eigenvalue weighted by atomic mass is 15.1. The van der Waals surface area contributed by atoms with Gasteiger partial charge in [0.25, 0.3) is 0 Å². The first-order valence-corrected chi connectivity index (χ1v) is 9.58. The molecule has 1 unspecified atom stereocenters. The number of hydrogen-bond acceptors (Lipinski definition) is 6. The SMILES string of the molecule is Cc1cc(-c2cnc3ncn(C(C)c4ccc5ncccc5c4)c3n2)cnc1C.N. The first-order chi connectivity index (χ1) is 14.1. The Balaban J connectivity index is 0.00000218. The molecular formula is C23H23N7. The minimum absolute atomic E-state index is 0. The molecule has 0 spiro atoms. The van der Waals surface area contributed by atoms with Crippen LogP contribution in [0.25, 0.3) is 33.5 Å². The molecule has 0 aliphatic heterocycles. The van der Waals surface area contributed by atoms with Crippen molar-refractivity contribution < 1.29 is 0 Å². The highest BCUT2D eigenvalue weighted by Gasteiger charge is 2.15. The van der Waals surface area contributed by atoms with E-state index in [2.05, 4.69) is 68.7 Å². The number of imidazole rings is 1. The third-order valence-corrected chi connectivity index (χ3v) is 5.45. The van der Waals surface area contributed by atoms with Gasteiger partial charge in [-0.05, 0) is 56.2 Å². The smallest absolute Gasteiger partial charge is 0.197 e. The molecule has 7 heteroatoms. The zero-order chi connectivity index (χ0) is 20.0. The normalized spacial score (nSPS) is 12.1. The summed E-state index contributed by atoms with van der Waals surface area (Å²) in [4.78, 5) is 22.7. The van der Waals surface area contributed by atoms with Crippen molar-refractivity contribution >= 4 is 22.2 Å². The maximum atomic E-state index is 4.87. The molecule has 4 heterocycles. The highest BCUT2D eigenvalue weighted by Crippen LogP contribution is 2.26. The number of fused-ring (bicyclic) bond motifs is 2. The van der Waals surface area contributed by atoms with Crippen molar-refractivity contribution in [2.24, 2.45) is 0 Å². The second-order valence-corrected chi connectivity index (χ2v) is 7.31. The highest BCUT2D eigenvalue weighted by molar-refractivity contribution is 5.79. The number of aromatic nitrogens is 6. The van der Waals surface area contributed by atoms with E-state index in [0.717, 1.165) is 39.1 Å². The molecule has 0 saturated carbocycles. The van der Waals surface area contributed by atoms with Crippen LogP contribution in [0, 0.1) is 13.8 Å². The number of hydrogen-bond donors (Lipinski definition) is 1. The summed E-state index contributed by atoms with van der Waals surface area (Å²) in [6, 6.07) is 12.5. The van der Waals surface area contributed by atoms with Gasteiger partial charge in [-0.2, -0.15) is 0 Å². The van der Waals surface area contributed by atoms with E-state index in [1.54, 1.807) is 6.20 Å². The van der Waals surface area contributed by atoms with Crippen molar-refractivity contribution in [3.8, 4) is 11.3 Å². The van der Waals surface area contributed by atoms with Crippen molar-refractivity contribution in [2.45, 2.75) is 26.8 Å². The van der Waals surface area contributed by atoms with Crippen LogP contribution in [-0.4, -0.2) is 29.5 Å². The van der Waals surface area contributed by atoms with E-state index in [1.165, 1.54) is 5.56 Å². The largest absolute Gasteiger partial charge is 0.344 e. The Hall–Kier alpha value is -3.71. The molecule has 30 heavy (non-hydrogen) atoms. The van der Waals surface area contributed by atoms with Gasteiger partial charge < -0.3 is 10.7 Å². The fourth-order valence-corrected chi connectivity index (χ4v) is 3.53. The summed E-state index contributed by atoms with van der Waals surface area (Å²) >= 11 is 0. The van der Waals surface area contributed by atoms with E-state index in [4.69, 9.17) is 4.98 Å². The van der Waals surface area contributed by atoms with Crippen LogP contribution in [0.3, 0.4) is 0 Å². The molecule has 5 aromatic rings. The van der Waals surface area contributed by atoms with E-state index in [9.17, 15) is 0 Å². The van der Waals surface area contributed by atoms with Gasteiger partial charge in [-0.15, -0.1) is 0 Å². The van der Waals surface area contributed by atoms with Crippen molar-refractivity contribution in [2.75, 3.05) is 0 Å². The molecule has 0 aliphatic carbocycles.